The van der Waals surface area contributed by atoms with Gasteiger partial charge in [0.1, 0.15) is 11.6 Å². The number of nitrogens with one attached hydrogen (secondary N) is 1. The van der Waals surface area contributed by atoms with Crippen molar-refractivity contribution in [1.29, 1.82) is 0 Å². The van der Waals surface area contributed by atoms with Crippen LogP contribution in [0.15, 0.2) is 41.3 Å². The van der Waals surface area contributed by atoms with E-state index in [-0.39, 0.29) is 16.5 Å². The molecule has 0 radical (unpaired) electrons. The summed E-state index contributed by atoms with van der Waals surface area (Å²) < 4.78 is 26.6. The first kappa shape index (κ1) is 13.4. The van der Waals surface area contributed by atoms with Gasteiger partial charge in [-0.05, 0) is 55.8 Å². The van der Waals surface area contributed by atoms with Crippen molar-refractivity contribution in [2.75, 3.05) is 4.72 Å². The molecule has 0 saturated heterocycles. The van der Waals surface area contributed by atoms with Crippen LogP contribution in [0.2, 0.25) is 0 Å². The van der Waals surface area contributed by atoms with E-state index in [4.69, 9.17) is 5.11 Å². The Labute approximate surface area is 112 Å². The van der Waals surface area contributed by atoms with E-state index in [1.807, 2.05) is 13.0 Å². The van der Waals surface area contributed by atoms with E-state index in [1.165, 1.54) is 24.3 Å². The highest BCUT2D eigenvalue weighted by Crippen LogP contribution is 2.18. The highest BCUT2D eigenvalue weighted by Gasteiger charge is 2.14. The SMILES string of the molecule is Cc1cc(C)nc(NS(=O)(=O)c2ccc(O)cc2)c1. The molecule has 6 heteroatoms. The second-order valence-electron chi connectivity index (χ2n) is 4.27. The minimum absolute atomic E-state index is 0.0171. The lowest BCUT2D eigenvalue weighted by molar-refractivity contribution is 0.475. The summed E-state index contributed by atoms with van der Waals surface area (Å²) in [6, 6.07) is 8.83. The van der Waals surface area contributed by atoms with Crippen molar-refractivity contribution in [3.05, 3.63) is 47.7 Å². The lowest BCUT2D eigenvalue weighted by Gasteiger charge is -2.08. The molecule has 100 valence electrons. The molecule has 0 aliphatic rings. The van der Waals surface area contributed by atoms with Crippen molar-refractivity contribution in [1.82, 2.24) is 4.98 Å². The fourth-order valence-corrected chi connectivity index (χ4v) is 2.71. The number of hydrogen-bond donors (Lipinski definition) is 2. The second-order valence-corrected chi connectivity index (χ2v) is 5.95. The molecule has 0 bridgehead atoms. The first-order valence-electron chi connectivity index (χ1n) is 5.64. The molecular formula is C13H14N2O3S. The Hall–Kier alpha value is -2.08. The number of sulfonamides is 1. The normalized spacial score (nSPS) is 11.3. The third-order valence-corrected chi connectivity index (χ3v) is 3.85. The summed E-state index contributed by atoms with van der Waals surface area (Å²) >= 11 is 0. The Kier molecular flexibility index (Phi) is 3.44. The number of aromatic nitrogens is 1. The Bertz CT molecular complexity index is 674. The molecule has 2 rings (SSSR count). The molecule has 5 nitrogen and oxygen atoms in total. The second kappa shape index (κ2) is 4.89. The standard InChI is InChI=1S/C13H14N2O3S/c1-9-7-10(2)14-13(8-9)15-19(17,18)12-5-3-11(16)4-6-12/h3-8,16H,1-2H3,(H,14,15). The largest absolute Gasteiger partial charge is 0.508 e. The van der Waals surface area contributed by atoms with Gasteiger partial charge < -0.3 is 5.11 Å². The average Bonchev–Trinajstić information content (AvgIpc) is 2.27. The lowest BCUT2D eigenvalue weighted by Crippen LogP contribution is -2.14. The van der Waals surface area contributed by atoms with Crippen LogP contribution in [0.5, 0.6) is 5.75 Å². The van der Waals surface area contributed by atoms with Gasteiger partial charge in [-0.25, -0.2) is 13.4 Å². The summed E-state index contributed by atoms with van der Waals surface area (Å²) in [5, 5.41) is 9.16. The van der Waals surface area contributed by atoms with Crippen molar-refractivity contribution >= 4 is 15.8 Å². The zero-order valence-electron chi connectivity index (χ0n) is 10.6. The number of rotatable bonds is 3. The van der Waals surface area contributed by atoms with Crippen molar-refractivity contribution < 1.29 is 13.5 Å². The molecule has 19 heavy (non-hydrogen) atoms. The van der Waals surface area contributed by atoms with Crippen molar-refractivity contribution in [2.45, 2.75) is 18.7 Å². The van der Waals surface area contributed by atoms with Gasteiger partial charge in [-0.15, -0.1) is 0 Å². The van der Waals surface area contributed by atoms with E-state index in [1.54, 1.807) is 13.0 Å². The Morgan fingerprint density at radius 1 is 1.11 bits per heavy atom. The van der Waals surface area contributed by atoms with Gasteiger partial charge in [0.15, 0.2) is 0 Å². The van der Waals surface area contributed by atoms with Crippen molar-refractivity contribution in [3.8, 4) is 5.75 Å². The van der Waals surface area contributed by atoms with Crippen LogP contribution in [0.4, 0.5) is 5.82 Å². The van der Waals surface area contributed by atoms with Gasteiger partial charge >= 0.3 is 0 Å². The number of nitrogens with zero attached hydrogens (tertiary/aromatic N) is 1. The van der Waals surface area contributed by atoms with Gasteiger partial charge in [0.05, 0.1) is 4.90 Å². The molecule has 1 heterocycles. The van der Waals surface area contributed by atoms with Crippen LogP contribution in [0, 0.1) is 13.8 Å². The van der Waals surface area contributed by atoms with Crippen LogP contribution in [-0.4, -0.2) is 18.5 Å². The lowest BCUT2D eigenvalue weighted by atomic mass is 10.2. The van der Waals surface area contributed by atoms with Gasteiger partial charge in [-0.3, -0.25) is 4.72 Å². The van der Waals surface area contributed by atoms with E-state index in [9.17, 15) is 8.42 Å². The van der Waals surface area contributed by atoms with Crippen LogP contribution >= 0.6 is 0 Å². The molecule has 2 N–H and O–H groups in total. The predicted octanol–water partition coefficient (Wildman–Crippen LogP) is 2.20. The Morgan fingerprint density at radius 2 is 1.74 bits per heavy atom. The third kappa shape index (κ3) is 3.23. The molecule has 1 aromatic carbocycles. The summed E-state index contributed by atoms with van der Waals surface area (Å²) in [4.78, 5) is 4.20. The fraction of sp³-hybridized carbons (Fsp3) is 0.154. The molecule has 0 unspecified atom stereocenters. The topological polar surface area (TPSA) is 79.3 Å². The number of aromatic hydroxyl groups is 1. The van der Waals surface area contributed by atoms with Crippen LogP contribution in [-0.2, 0) is 10.0 Å². The zero-order valence-corrected chi connectivity index (χ0v) is 11.4. The summed E-state index contributed by atoms with van der Waals surface area (Å²) in [5.41, 5.74) is 1.67. The number of hydrogen-bond acceptors (Lipinski definition) is 4. The molecule has 1 aromatic heterocycles. The summed E-state index contributed by atoms with van der Waals surface area (Å²) in [6.07, 6.45) is 0. The monoisotopic (exact) mass is 278 g/mol. The predicted molar refractivity (Wildman–Crippen MR) is 72.6 cm³/mol. The van der Waals surface area contributed by atoms with Gasteiger partial charge in [-0.2, -0.15) is 0 Å². The van der Waals surface area contributed by atoms with Crippen LogP contribution in [0.25, 0.3) is 0 Å². The minimum Gasteiger partial charge on any atom is -0.508 e. The highest BCUT2D eigenvalue weighted by molar-refractivity contribution is 7.92. The summed E-state index contributed by atoms with van der Waals surface area (Å²) in [7, 11) is -3.69. The Balaban J connectivity index is 2.33. The van der Waals surface area contributed by atoms with E-state index in [2.05, 4.69) is 9.71 Å². The Morgan fingerprint density at radius 3 is 2.32 bits per heavy atom. The van der Waals surface area contributed by atoms with Gasteiger partial charge in [0.25, 0.3) is 10.0 Å². The maximum absolute atomic E-state index is 12.1. The fourth-order valence-electron chi connectivity index (χ4n) is 1.72. The van der Waals surface area contributed by atoms with Gasteiger partial charge in [0.2, 0.25) is 0 Å². The molecule has 0 atom stereocenters. The van der Waals surface area contributed by atoms with Crippen molar-refractivity contribution in [2.24, 2.45) is 0 Å². The van der Waals surface area contributed by atoms with Crippen LogP contribution < -0.4 is 4.72 Å². The first-order chi connectivity index (χ1) is 8.87. The number of aryl methyl sites for hydroxylation is 2. The summed E-state index contributed by atoms with van der Waals surface area (Å²) in [6.45, 7) is 3.67. The summed E-state index contributed by atoms with van der Waals surface area (Å²) in [5.74, 6) is 0.300. The maximum Gasteiger partial charge on any atom is 0.263 e. The average molecular weight is 278 g/mol. The number of anilines is 1. The van der Waals surface area contributed by atoms with E-state index >= 15 is 0 Å². The first-order valence-corrected chi connectivity index (χ1v) is 7.12. The number of phenolic OH excluding ortho intramolecular Hbond substituents is 1. The maximum atomic E-state index is 12.1. The third-order valence-electron chi connectivity index (χ3n) is 2.48. The molecule has 0 aliphatic carbocycles. The van der Waals surface area contributed by atoms with E-state index in [0.29, 0.717) is 0 Å². The zero-order chi connectivity index (χ0) is 14.0. The molecular weight excluding hydrogens is 264 g/mol. The minimum atomic E-state index is -3.69. The van der Waals surface area contributed by atoms with Crippen molar-refractivity contribution in [3.63, 3.8) is 0 Å². The molecule has 0 aliphatic heterocycles. The highest BCUT2D eigenvalue weighted by atomic mass is 32.2. The molecule has 0 fully saturated rings. The number of phenols is 1. The molecule has 2 aromatic rings. The molecule has 0 saturated carbocycles. The van der Waals surface area contributed by atoms with Gasteiger partial charge in [0, 0.05) is 5.69 Å². The van der Waals surface area contributed by atoms with Gasteiger partial charge in [-0.1, -0.05) is 0 Å². The molecule has 0 amide bonds. The van der Waals surface area contributed by atoms with E-state index < -0.39 is 10.0 Å². The quantitative estimate of drug-likeness (QED) is 0.902. The van der Waals surface area contributed by atoms with E-state index in [0.717, 1.165) is 11.3 Å². The smallest absolute Gasteiger partial charge is 0.263 e. The van der Waals surface area contributed by atoms with Crippen LogP contribution in [0.3, 0.4) is 0 Å². The number of pyridine rings is 1. The van der Waals surface area contributed by atoms with Crippen LogP contribution in [0.1, 0.15) is 11.3 Å². The molecule has 0 spiro atoms. The number of benzene rings is 1.